The predicted octanol–water partition coefficient (Wildman–Crippen LogP) is 4.60. The van der Waals surface area contributed by atoms with Gasteiger partial charge in [-0.05, 0) is 42.5 Å². The molecule has 0 saturated heterocycles. The van der Waals surface area contributed by atoms with Crippen LogP contribution in [-0.2, 0) is 0 Å². The molecule has 130 valence electrons. The lowest BCUT2D eigenvalue weighted by molar-refractivity contribution is 0.262. The Morgan fingerprint density at radius 1 is 1.12 bits per heavy atom. The van der Waals surface area contributed by atoms with Gasteiger partial charge in [0.2, 0.25) is 0 Å². The normalized spacial score (nSPS) is 10.7. The molecule has 7 nitrogen and oxygen atoms in total. The van der Waals surface area contributed by atoms with Crippen LogP contribution < -0.4 is 15.4 Å². The Balaban J connectivity index is 1.43. The van der Waals surface area contributed by atoms with Crippen LogP contribution in [0.3, 0.4) is 0 Å². The molecule has 2 aromatic heterocycles. The van der Waals surface area contributed by atoms with Crippen LogP contribution in [-0.4, -0.2) is 23.3 Å². The standard InChI is InChI=1S/C18H14N4O3S/c1-24-13-5-2-11(3-6-13)15-9-17(22-25-15)21-18(23)20-12-4-7-14-16(8-12)26-10-19-14/h2-10H,1H3,(H2,20,21,22,23). The van der Waals surface area contributed by atoms with Crippen LogP contribution in [0.25, 0.3) is 21.5 Å². The molecule has 4 rings (SSSR count). The Bertz CT molecular complexity index is 1060. The number of benzene rings is 2. The number of aromatic nitrogens is 2. The van der Waals surface area contributed by atoms with Gasteiger partial charge in [-0.15, -0.1) is 11.3 Å². The molecule has 0 aliphatic rings. The summed E-state index contributed by atoms with van der Waals surface area (Å²) < 4.78 is 11.4. The molecule has 26 heavy (non-hydrogen) atoms. The topological polar surface area (TPSA) is 89.3 Å². The first-order chi connectivity index (χ1) is 12.7. The van der Waals surface area contributed by atoms with E-state index in [1.54, 1.807) is 24.8 Å². The van der Waals surface area contributed by atoms with E-state index < -0.39 is 6.03 Å². The summed E-state index contributed by atoms with van der Waals surface area (Å²) >= 11 is 1.52. The van der Waals surface area contributed by atoms with Crippen molar-refractivity contribution in [2.24, 2.45) is 0 Å². The van der Waals surface area contributed by atoms with Crippen LogP contribution in [0.5, 0.6) is 5.75 Å². The van der Waals surface area contributed by atoms with Gasteiger partial charge < -0.3 is 14.6 Å². The van der Waals surface area contributed by atoms with Gasteiger partial charge in [0.25, 0.3) is 0 Å². The number of thiazole rings is 1. The number of ether oxygens (including phenoxy) is 1. The molecule has 0 saturated carbocycles. The number of anilines is 2. The van der Waals surface area contributed by atoms with Crippen LogP contribution in [0, 0.1) is 0 Å². The summed E-state index contributed by atoms with van der Waals surface area (Å²) in [7, 11) is 1.61. The highest BCUT2D eigenvalue weighted by Gasteiger charge is 2.10. The summed E-state index contributed by atoms with van der Waals surface area (Å²) in [5.41, 5.74) is 4.19. The average molecular weight is 366 g/mol. The fraction of sp³-hybridized carbons (Fsp3) is 0.0556. The molecule has 2 amide bonds. The molecule has 2 N–H and O–H groups in total. The minimum atomic E-state index is -0.400. The summed E-state index contributed by atoms with van der Waals surface area (Å²) in [5.74, 6) is 1.63. The molecule has 0 aliphatic carbocycles. The van der Waals surface area contributed by atoms with E-state index in [4.69, 9.17) is 9.26 Å². The number of carbonyl (C=O) groups is 1. The number of hydrogen-bond acceptors (Lipinski definition) is 6. The Kier molecular flexibility index (Phi) is 4.24. The highest BCUT2D eigenvalue weighted by atomic mass is 32.1. The maximum Gasteiger partial charge on any atom is 0.324 e. The number of carbonyl (C=O) groups excluding carboxylic acids is 1. The Hall–Kier alpha value is -3.39. The molecule has 0 aliphatic heterocycles. The van der Waals surface area contributed by atoms with E-state index in [0.717, 1.165) is 21.5 Å². The van der Waals surface area contributed by atoms with Gasteiger partial charge in [-0.25, -0.2) is 9.78 Å². The second kappa shape index (κ2) is 6.85. The van der Waals surface area contributed by atoms with Gasteiger partial charge in [-0.2, -0.15) is 0 Å². The largest absolute Gasteiger partial charge is 0.497 e. The van der Waals surface area contributed by atoms with Gasteiger partial charge in [0.15, 0.2) is 11.6 Å². The minimum absolute atomic E-state index is 0.326. The number of amides is 2. The molecule has 0 unspecified atom stereocenters. The lowest BCUT2D eigenvalue weighted by Gasteiger charge is -2.04. The van der Waals surface area contributed by atoms with Crippen LogP contribution in [0.1, 0.15) is 0 Å². The predicted molar refractivity (Wildman–Crippen MR) is 101 cm³/mol. The lowest BCUT2D eigenvalue weighted by atomic mass is 10.2. The number of nitrogens with zero attached hydrogens (tertiary/aromatic N) is 2. The Morgan fingerprint density at radius 3 is 2.77 bits per heavy atom. The quantitative estimate of drug-likeness (QED) is 0.551. The highest BCUT2D eigenvalue weighted by Crippen LogP contribution is 2.25. The monoisotopic (exact) mass is 366 g/mol. The van der Waals surface area contributed by atoms with E-state index >= 15 is 0 Å². The number of urea groups is 1. The summed E-state index contributed by atoms with van der Waals surface area (Å²) in [6, 6.07) is 14.2. The second-order valence-corrected chi connectivity index (χ2v) is 6.31. The molecule has 0 fully saturated rings. The van der Waals surface area contributed by atoms with Crippen molar-refractivity contribution in [1.82, 2.24) is 10.1 Å². The Labute approximate surface area is 152 Å². The molecule has 0 radical (unpaired) electrons. The molecule has 4 aromatic rings. The first kappa shape index (κ1) is 16.1. The van der Waals surface area contributed by atoms with E-state index in [0.29, 0.717) is 17.3 Å². The van der Waals surface area contributed by atoms with Crippen molar-refractivity contribution in [3.63, 3.8) is 0 Å². The molecule has 8 heteroatoms. The van der Waals surface area contributed by atoms with Crippen LogP contribution in [0.15, 0.2) is 58.6 Å². The first-order valence-corrected chi connectivity index (χ1v) is 8.61. The second-order valence-electron chi connectivity index (χ2n) is 5.42. The van der Waals surface area contributed by atoms with Crippen molar-refractivity contribution >= 4 is 39.1 Å². The number of hydrogen-bond donors (Lipinski definition) is 2. The lowest BCUT2D eigenvalue weighted by Crippen LogP contribution is -2.19. The smallest absolute Gasteiger partial charge is 0.324 e. The maximum atomic E-state index is 12.2. The zero-order valence-corrected chi connectivity index (χ0v) is 14.5. The molecular weight excluding hydrogens is 352 g/mol. The number of nitrogens with one attached hydrogen (secondary N) is 2. The van der Waals surface area contributed by atoms with Gasteiger partial charge in [0.05, 0.1) is 22.8 Å². The van der Waals surface area contributed by atoms with E-state index in [2.05, 4.69) is 20.8 Å². The van der Waals surface area contributed by atoms with Crippen molar-refractivity contribution in [2.75, 3.05) is 17.7 Å². The summed E-state index contributed by atoms with van der Waals surface area (Å²) in [4.78, 5) is 16.4. The third kappa shape index (κ3) is 3.35. The van der Waals surface area contributed by atoms with E-state index in [1.807, 2.05) is 36.4 Å². The molecule has 2 aromatic carbocycles. The summed E-state index contributed by atoms with van der Waals surface area (Å²) in [6.45, 7) is 0. The van der Waals surface area contributed by atoms with E-state index in [1.165, 1.54) is 11.3 Å². The van der Waals surface area contributed by atoms with Crippen molar-refractivity contribution in [2.45, 2.75) is 0 Å². The molecule has 0 bridgehead atoms. The van der Waals surface area contributed by atoms with E-state index in [-0.39, 0.29) is 0 Å². The third-order valence-corrected chi connectivity index (χ3v) is 4.51. The van der Waals surface area contributed by atoms with Crippen molar-refractivity contribution in [3.8, 4) is 17.1 Å². The fourth-order valence-corrected chi connectivity index (χ4v) is 3.15. The molecule has 0 spiro atoms. The summed E-state index contributed by atoms with van der Waals surface area (Å²) in [5, 5.41) is 9.29. The van der Waals surface area contributed by atoms with Crippen LogP contribution >= 0.6 is 11.3 Å². The van der Waals surface area contributed by atoms with Gasteiger partial charge >= 0.3 is 6.03 Å². The van der Waals surface area contributed by atoms with Crippen LogP contribution in [0.4, 0.5) is 16.3 Å². The van der Waals surface area contributed by atoms with Crippen molar-refractivity contribution in [1.29, 1.82) is 0 Å². The third-order valence-electron chi connectivity index (χ3n) is 3.72. The first-order valence-electron chi connectivity index (χ1n) is 7.74. The molecule has 2 heterocycles. The zero-order chi connectivity index (χ0) is 17.9. The number of methoxy groups -OCH3 is 1. The maximum absolute atomic E-state index is 12.2. The summed E-state index contributed by atoms with van der Waals surface area (Å²) in [6.07, 6.45) is 0. The molecular formula is C18H14N4O3S. The van der Waals surface area contributed by atoms with Gasteiger partial charge in [0.1, 0.15) is 5.75 Å². The highest BCUT2D eigenvalue weighted by molar-refractivity contribution is 7.16. The van der Waals surface area contributed by atoms with E-state index in [9.17, 15) is 4.79 Å². The molecule has 0 atom stereocenters. The van der Waals surface area contributed by atoms with Gasteiger partial charge in [-0.3, -0.25) is 5.32 Å². The van der Waals surface area contributed by atoms with Gasteiger partial charge in [0, 0.05) is 17.3 Å². The zero-order valence-electron chi connectivity index (χ0n) is 13.7. The number of fused-ring (bicyclic) bond motifs is 1. The minimum Gasteiger partial charge on any atom is -0.497 e. The van der Waals surface area contributed by atoms with Crippen molar-refractivity contribution < 1.29 is 14.1 Å². The van der Waals surface area contributed by atoms with Gasteiger partial charge in [-0.1, -0.05) is 5.16 Å². The number of rotatable bonds is 4. The van der Waals surface area contributed by atoms with Crippen molar-refractivity contribution in [3.05, 3.63) is 54.0 Å². The SMILES string of the molecule is COc1ccc(-c2cc(NC(=O)Nc3ccc4ncsc4c3)no2)cc1. The average Bonchev–Trinajstić information content (AvgIpc) is 3.30. The van der Waals surface area contributed by atoms with Crippen LogP contribution in [0.2, 0.25) is 0 Å². The fourth-order valence-electron chi connectivity index (χ4n) is 2.44. The Morgan fingerprint density at radius 2 is 1.96 bits per heavy atom.